The van der Waals surface area contributed by atoms with Gasteiger partial charge in [0.2, 0.25) is 5.91 Å². The molecule has 1 saturated heterocycles. The standard InChI is InChI=1S/C33H39ClN2O3/c1-32(2,3)27-13-11-26(12-14-27)31(38)36-20-8-19-33(23-36,24-39-29-17-15-28(34)16-18-29)21-30(37)35(4)22-25-9-6-5-7-10-25/h5-7,9-18H,8,19-24H2,1-4H3. The smallest absolute Gasteiger partial charge is 0.253 e. The number of likely N-dealkylation sites (tertiary alicyclic amines) is 1. The Kier molecular flexibility index (Phi) is 9.01. The second-order valence-electron chi connectivity index (χ2n) is 11.8. The molecule has 3 aromatic rings. The fourth-order valence-electron chi connectivity index (χ4n) is 5.16. The lowest BCUT2D eigenvalue weighted by Gasteiger charge is -2.43. The zero-order valence-corrected chi connectivity index (χ0v) is 24.2. The maximum absolute atomic E-state index is 13.6. The molecule has 206 valence electrons. The number of piperidine rings is 1. The summed E-state index contributed by atoms with van der Waals surface area (Å²) in [5.74, 6) is 0.739. The number of carbonyl (C=O) groups is 2. The third-order valence-electron chi connectivity index (χ3n) is 7.52. The Labute approximate surface area is 237 Å². The van der Waals surface area contributed by atoms with Gasteiger partial charge < -0.3 is 14.5 Å². The summed E-state index contributed by atoms with van der Waals surface area (Å²) in [7, 11) is 1.84. The molecule has 1 atom stereocenters. The van der Waals surface area contributed by atoms with Crippen LogP contribution >= 0.6 is 11.6 Å². The average Bonchev–Trinajstić information content (AvgIpc) is 2.92. The maximum Gasteiger partial charge on any atom is 0.253 e. The summed E-state index contributed by atoms with van der Waals surface area (Å²) in [6.45, 7) is 8.49. The quantitative estimate of drug-likeness (QED) is 0.306. The van der Waals surface area contributed by atoms with Crippen molar-refractivity contribution in [1.82, 2.24) is 9.80 Å². The molecule has 6 heteroatoms. The molecule has 4 rings (SSSR count). The molecule has 0 saturated carbocycles. The van der Waals surface area contributed by atoms with Crippen LogP contribution in [0.2, 0.25) is 5.02 Å². The van der Waals surface area contributed by atoms with Crippen LogP contribution in [0.15, 0.2) is 78.9 Å². The van der Waals surface area contributed by atoms with E-state index in [0.29, 0.717) is 49.0 Å². The molecule has 1 unspecified atom stereocenters. The van der Waals surface area contributed by atoms with Gasteiger partial charge in [-0.2, -0.15) is 0 Å². The number of halogens is 1. The van der Waals surface area contributed by atoms with E-state index >= 15 is 0 Å². The van der Waals surface area contributed by atoms with Gasteiger partial charge in [-0.25, -0.2) is 0 Å². The van der Waals surface area contributed by atoms with Gasteiger partial charge in [0.15, 0.2) is 0 Å². The summed E-state index contributed by atoms with van der Waals surface area (Å²) >= 11 is 6.05. The van der Waals surface area contributed by atoms with E-state index in [-0.39, 0.29) is 17.2 Å². The van der Waals surface area contributed by atoms with Crippen molar-refractivity contribution in [3.63, 3.8) is 0 Å². The topological polar surface area (TPSA) is 49.9 Å². The number of hydrogen-bond donors (Lipinski definition) is 0. The monoisotopic (exact) mass is 546 g/mol. The van der Waals surface area contributed by atoms with E-state index in [1.54, 1.807) is 17.0 Å². The largest absolute Gasteiger partial charge is 0.493 e. The summed E-state index contributed by atoms with van der Waals surface area (Å²) in [4.78, 5) is 30.8. The predicted molar refractivity (Wildman–Crippen MR) is 157 cm³/mol. The fraction of sp³-hybridized carbons (Fsp3) is 0.394. The lowest BCUT2D eigenvalue weighted by Crippen LogP contribution is -2.50. The highest BCUT2D eigenvalue weighted by Gasteiger charge is 2.40. The molecule has 0 aromatic heterocycles. The van der Waals surface area contributed by atoms with Crippen molar-refractivity contribution in [2.45, 2.75) is 52.0 Å². The highest BCUT2D eigenvalue weighted by atomic mass is 35.5. The van der Waals surface area contributed by atoms with Crippen molar-refractivity contribution in [3.05, 3.63) is 101 Å². The average molecular weight is 547 g/mol. The number of carbonyl (C=O) groups excluding carboxylic acids is 2. The highest BCUT2D eigenvalue weighted by molar-refractivity contribution is 6.30. The third kappa shape index (κ3) is 7.63. The van der Waals surface area contributed by atoms with Crippen LogP contribution in [0.4, 0.5) is 0 Å². The first-order valence-electron chi connectivity index (χ1n) is 13.6. The SMILES string of the molecule is CN(Cc1ccccc1)C(=O)CC1(COc2ccc(Cl)cc2)CCCN(C(=O)c2ccc(C(C)(C)C)cc2)C1. The Bertz CT molecular complexity index is 1250. The molecule has 2 amide bonds. The first kappa shape index (κ1) is 28.7. The minimum atomic E-state index is -0.499. The maximum atomic E-state index is 13.6. The van der Waals surface area contributed by atoms with Gasteiger partial charge in [-0.15, -0.1) is 0 Å². The Morgan fingerprint density at radius 3 is 2.28 bits per heavy atom. The van der Waals surface area contributed by atoms with Crippen LogP contribution in [0, 0.1) is 5.41 Å². The van der Waals surface area contributed by atoms with Crippen LogP contribution in [0.1, 0.15) is 61.5 Å². The zero-order valence-electron chi connectivity index (χ0n) is 23.5. The van der Waals surface area contributed by atoms with E-state index in [4.69, 9.17) is 16.3 Å². The Morgan fingerprint density at radius 1 is 0.974 bits per heavy atom. The van der Waals surface area contributed by atoms with Gasteiger partial charge in [-0.3, -0.25) is 9.59 Å². The number of benzene rings is 3. The first-order valence-corrected chi connectivity index (χ1v) is 14.0. The second-order valence-corrected chi connectivity index (χ2v) is 12.2. The number of hydrogen-bond acceptors (Lipinski definition) is 3. The van der Waals surface area contributed by atoms with E-state index in [2.05, 4.69) is 20.8 Å². The highest BCUT2D eigenvalue weighted by Crippen LogP contribution is 2.36. The Hall–Kier alpha value is -3.31. The van der Waals surface area contributed by atoms with Crippen molar-refractivity contribution in [3.8, 4) is 5.75 Å². The van der Waals surface area contributed by atoms with Gasteiger partial charge >= 0.3 is 0 Å². The molecule has 0 N–H and O–H groups in total. The van der Waals surface area contributed by atoms with E-state index in [1.807, 2.05) is 78.7 Å². The van der Waals surface area contributed by atoms with E-state index in [0.717, 1.165) is 18.4 Å². The van der Waals surface area contributed by atoms with Crippen molar-refractivity contribution in [1.29, 1.82) is 0 Å². The number of rotatable bonds is 8. The molecular formula is C33H39ClN2O3. The van der Waals surface area contributed by atoms with Crippen LogP contribution in [-0.4, -0.2) is 48.4 Å². The molecule has 0 aliphatic carbocycles. The summed E-state index contributed by atoms with van der Waals surface area (Å²) in [6.07, 6.45) is 1.92. The number of nitrogens with zero attached hydrogens (tertiary/aromatic N) is 2. The minimum absolute atomic E-state index is 0.00360. The van der Waals surface area contributed by atoms with Gasteiger partial charge in [0.1, 0.15) is 5.75 Å². The molecule has 39 heavy (non-hydrogen) atoms. The van der Waals surface area contributed by atoms with Crippen LogP contribution in [-0.2, 0) is 16.8 Å². The van der Waals surface area contributed by atoms with Crippen LogP contribution < -0.4 is 4.74 Å². The molecule has 1 fully saturated rings. The first-order chi connectivity index (χ1) is 18.5. The van der Waals surface area contributed by atoms with Gasteiger partial charge in [0, 0.05) is 49.1 Å². The minimum Gasteiger partial charge on any atom is -0.493 e. The van der Waals surface area contributed by atoms with Crippen LogP contribution in [0.5, 0.6) is 5.75 Å². The Balaban J connectivity index is 1.52. The van der Waals surface area contributed by atoms with E-state index in [1.165, 1.54) is 5.56 Å². The van der Waals surface area contributed by atoms with E-state index < -0.39 is 5.41 Å². The molecule has 1 heterocycles. The predicted octanol–water partition coefficient (Wildman–Crippen LogP) is 6.99. The molecule has 1 aliphatic rings. The molecule has 0 bridgehead atoms. The molecular weight excluding hydrogens is 508 g/mol. The van der Waals surface area contributed by atoms with Crippen molar-refractivity contribution < 1.29 is 14.3 Å². The second kappa shape index (κ2) is 12.3. The zero-order chi connectivity index (χ0) is 28.0. The molecule has 0 radical (unpaired) electrons. The lowest BCUT2D eigenvalue weighted by molar-refractivity contribution is -0.134. The van der Waals surface area contributed by atoms with Crippen molar-refractivity contribution in [2.75, 3.05) is 26.7 Å². The van der Waals surface area contributed by atoms with Crippen LogP contribution in [0.25, 0.3) is 0 Å². The van der Waals surface area contributed by atoms with Gasteiger partial charge in [-0.05, 0) is 65.8 Å². The summed E-state index contributed by atoms with van der Waals surface area (Å²) in [5.41, 5.74) is 2.47. The van der Waals surface area contributed by atoms with Crippen molar-refractivity contribution in [2.24, 2.45) is 5.41 Å². The molecule has 3 aromatic carbocycles. The van der Waals surface area contributed by atoms with Crippen LogP contribution in [0.3, 0.4) is 0 Å². The van der Waals surface area contributed by atoms with Gasteiger partial charge in [0.05, 0.1) is 6.61 Å². The fourth-order valence-corrected chi connectivity index (χ4v) is 5.28. The summed E-state index contributed by atoms with van der Waals surface area (Å²) in [5, 5.41) is 0.640. The van der Waals surface area contributed by atoms with E-state index in [9.17, 15) is 9.59 Å². The lowest BCUT2D eigenvalue weighted by atomic mass is 9.77. The summed E-state index contributed by atoms with van der Waals surface area (Å²) < 4.78 is 6.22. The number of amides is 2. The third-order valence-corrected chi connectivity index (χ3v) is 7.77. The number of ether oxygens (including phenoxy) is 1. The molecule has 0 spiro atoms. The molecule has 5 nitrogen and oxygen atoms in total. The van der Waals surface area contributed by atoms with Gasteiger partial charge in [0.25, 0.3) is 5.91 Å². The summed E-state index contributed by atoms with van der Waals surface area (Å²) in [6, 6.07) is 25.1. The Morgan fingerprint density at radius 2 is 1.64 bits per heavy atom. The van der Waals surface area contributed by atoms with Crippen molar-refractivity contribution >= 4 is 23.4 Å². The molecule has 1 aliphatic heterocycles. The normalized spacial score (nSPS) is 17.5. The van der Waals surface area contributed by atoms with Gasteiger partial charge in [-0.1, -0.05) is 74.8 Å².